The van der Waals surface area contributed by atoms with E-state index >= 15 is 0 Å². The van der Waals surface area contributed by atoms with Crippen molar-refractivity contribution in [2.45, 2.75) is 11.6 Å². The molecule has 1 heterocycles. The highest BCUT2D eigenvalue weighted by Crippen LogP contribution is 2.31. The Bertz CT molecular complexity index is 33.9. The quantitative estimate of drug-likeness (QED) is 0.332. The first-order chi connectivity index (χ1) is 2.43. The van der Waals surface area contributed by atoms with E-state index in [1.165, 1.54) is 5.75 Å². The molecule has 0 aromatic rings. The second kappa shape index (κ2) is 1.25. The Balaban J connectivity index is 2.00. The van der Waals surface area contributed by atoms with Crippen molar-refractivity contribution < 1.29 is 0 Å². The Morgan fingerprint density at radius 1 is 2.00 bits per heavy atom. The van der Waals surface area contributed by atoms with Gasteiger partial charge in [-0.25, -0.2) is 0 Å². The Morgan fingerprint density at radius 3 is 2.60 bits per heavy atom. The van der Waals surface area contributed by atoms with E-state index in [4.69, 9.17) is 7.85 Å². The van der Waals surface area contributed by atoms with Crippen LogP contribution in [0, 0.1) is 0 Å². The second-order valence-electron chi connectivity index (χ2n) is 1.19. The van der Waals surface area contributed by atoms with Crippen molar-refractivity contribution >= 4 is 19.6 Å². The maximum atomic E-state index is 5.21. The molecule has 0 aliphatic carbocycles. The first-order valence-corrected chi connectivity index (χ1v) is 2.80. The molecule has 0 aromatic heterocycles. The van der Waals surface area contributed by atoms with Gasteiger partial charge >= 0.3 is 0 Å². The van der Waals surface area contributed by atoms with Crippen molar-refractivity contribution in [2.75, 3.05) is 5.75 Å². The van der Waals surface area contributed by atoms with Gasteiger partial charge < -0.3 is 0 Å². The third-order valence-corrected chi connectivity index (χ3v) is 1.66. The van der Waals surface area contributed by atoms with Gasteiger partial charge in [0.2, 0.25) is 0 Å². The van der Waals surface area contributed by atoms with Gasteiger partial charge in [0.1, 0.15) is 0 Å². The van der Waals surface area contributed by atoms with E-state index < -0.39 is 0 Å². The van der Waals surface area contributed by atoms with Gasteiger partial charge in [-0.3, -0.25) is 0 Å². The zero-order valence-electron chi connectivity index (χ0n) is 2.98. The Labute approximate surface area is 37.7 Å². The van der Waals surface area contributed by atoms with Gasteiger partial charge in [0.15, 0.2) is 0 Å². The molecule has 0 spiro atoms. The van der Waals surface area contributed by atoms with Crippen molar-refractivity contribution in [2.24, 2.45) is 0 Å². The van der Waals surface area contributed by atoms with Crippen LogP contribution in [0.4, 0.5) is 0 Å². The predicted molar refractivity (Wildman–Crippen MR) is 26.8 cm³/mol. The summed E-state index contributed by atoms with van der Waals surface area (Å²) in [5, 5.41) is 0.829. The summed E-state index contributed by atoms with van der Waals surface area (Å²) in [7, 11) is 5.21. The summed E-state index contributed by atoms with van der Waals surface area (Å²) in [6, 6.07) is 0. The topological polar surface area (TPSA) is 0 Å². The van der Waals surface area contributed by atoms with Crippen LogP contribution >= 0.6 is 11.8 Å². The molecule has 26 valence electrons. The number of hydrogen-bond donors (Lipinski definition) is 0. The highest BCUT2D eigenvalue weighted by Gasteiger charge is 2.17. The Kier molecular flexibility index (Phi) is 0.901. The lowest BCUT2D eigenvalue weighted by atomic mass is 10.0. The van der Waals surface area contributed by atoms with Gasteiger partial charge in [0.05, 0.1) is 7.85 Å². The minimum Gasteiger partial charge on any atom is -0.157 e. The van der Waals surface area contributed by atoms with Crippen molar-refractivity contribution in [1.82, 2.24) is 0 Å². The molecule has 1 fully saturated rings. The van der Waals surface area contributed by atoms with E-state index in [-0.39, 0.29) is 0 Å². The van der Waals surface area contributed by atoms with Crippen LogP contribution in [0.3, 0.4) is 0 Å². The summed E-state index contributed by atoms with van der Waals surface area (Å²) in [5.41, 5.74) is 0. The number of thioether (sulfide) groups is 1. The molecule has 0 bridgehead atoms. The fourth-order valence-corrected chi connectivity index (χ4v) is 0.612. The third kappa shape index (κ3) is 0.878. The van der Waals surface area contributed by atoms with Gasteiger partial charge in [-0.2, -0.15) is 11.8 Å². The SMILES string of the molecule is [B]CC1CS1. The molecule has 0 amide bonds. The molecule has 0 saturated carbocycles. The van der Waals surface area contributed by atoms with E-state index in [9.17, 15) is 0 Å². The van der Waals surface area contributed by atoms with E-state index in [1.807, 2.05) is 11.8 Å². The molecule has 0 N–H and O–H groups in total. The lowest BCUT2D eigenvalue weighted by molar-refractivity contribution is 1.24. The van der Waals surface area contributed by atoms with Crippen molar-refractivity contribution in [3.05, 3.63) is 0 Å². The molecular formula is C3H5BS. The lowest BCUT2D eigenvalue weighted by Crippen LogP contribution is -1.74. The van der Waals surface area contributed by atoms with Gasteiger partial charge in [-0.05, 0) is 0 Å². The summed E-state index contributed by atoms with van der Waals surface area (Å²) in [5.74, 6) is 1.30. The molecule has 1 saturated heterocycles. The van der Waals surface area contributed by atoms with Crippen LogP contribution in [0.15, 0.2) is 0 Å². The first-order valence-electron chi connectivity index (χ1n) is 1.75. The zero-order chi connectivity index (χ0) is 3.70. The van der Waals surface area contributed by atoms with E-state index in [1.54, 1.807) is 0 Å². The van der Waals surface area contributed by atoms with E-state index in [0.717, 1.165) is 11.6 Å². The summed E-state index contributed by atoms with van der Waals surface area (Å²) in [6.45, 7) is 0. The molecule has 1 atom stereocenters. The van der Waals surface area contributed by atoms with Crippen LogP contribution in [0.5, 0.6) is 0 Å². The van der Waals surface area contributed by atoms with E-state index in [2.05, 4.69) is 0 Å². The maximum absolute atomic E-state index is 5.21. The van der Waals surface area contributed by atoms with E-state index in [0.29, 0.717) is 0 Å². The molecule has 0 nitrogen and oxygen atoms in total. The van der Waals surface area contributed by atoms with Crippen LogP contribution in [-0.2, 0) is 0 Å². The molecule has 5 heavy (non-hydrogen) atoms. The summed E-state index contributed by atoms with van der Waals surface area (Å²) in [6.07, 6.45) is 0.880. The largest absolute Gasteiger partial charge is 0.157 e. The average Bonchev–Trinajstić information content (AvgIpc) is 2.12. The van der Waals surface area contributed by atoms with Gasteiger partial charge in [0.25, 0.3) is 0 Å². The second-order valence-corrected chi connectivity index (χ2v) is 2.52. The molecular weight excluding hydrogens is 78.9 g/mol. The van der Waals surface area contributed by atoms with Gasteiger partial charge in [-0.1, -0.05) is 6.32 Å². The average molecular weight is 84.0 g/mol. The lowest BCUT2D eigenvalue weighted by Gasteiger charge is -1.70. The normalized spacial score (nSPS) is 34.0. The smallest absolute Gasteiger partial charge is 0.0668 e. The third-order valence-electron chi connectivity index (χ3n) is 0.665. The maximum Gasteiger partial charge on any atom is 0.0668 e. The van der Waals surface area contributed by atoms with Crippen LogP contribution in [0.1, 0.15) is 0 Å². The molecule has 2 radical (unpaired) electrons. The molecule has 1 rings (SSSR count). The van der Waals surface area contributed by atoms with Gasteiger partial charge in [-0.15, -0.1) is 0 Å². The molecule has 1 aliphatic rings. The monoisotopic (exact) mass is 84.0 g/mol. The highest BCUT2D eigenvalue weighted by atomic mass is 32.2. The number of hydrogen-bond acceptors (Lipinski definition) is 1. The minimum absolute atomic E-state index is 0.829. The molecule has 1 aliphatic heterocycles. The molecule has 2 heteroatoms. The Hall–Kier alpha value is 0.415. The standard InChI is InChI=1S/C3H5BS/c4-1-3-2-5-3/h3H,1-2H2. The van der Waals surface area contributed by atoms with Crippen molar-refractivity contribution in [3.63, 3.8) is 0 Å². The molecule has 1 unspecified atom stereocenters. The molecule has 0 aromatic carbocycles. The summed E-state index contributed by atoms with van der Waals surface area (Å²) < 4.78 is 0. The predicted octanol–water partition coefficient (Wildman–Crippen LogP) is 0.689. The first kappa shape index (κ1) is 3.60. The number of rotatable bonds is 1. The fraction of sp³-hybridized carbons (Fsp3) is 1.00. The van der Waals surface area contributed by atoms with Crippen LogP contribution < -0.4 is 0 Å². The van der Waals surface area contributed by atoms with Gasteiger partial charge in [0, 0.05) is 11.0 Å². The van der Waals surface area contributed by atoms with Crippen molar-refractivity contribution in [1.29, 1.82) is 0 Å². The van der Waals surface area contributed by atoms with Crippen LogP contribution in [0.2, 0.25) is 6.32 Å². The minimum atomic E-state index is 0.829. The highest BCUT2D eigenvalue weighted by molar-refractivity contribution is 8.07. The Morgan fingerprint density at radius 2 is 2.60 bits per heavy atom. The van der Waals surface area contributed by atoms with Crippen LogP contribution in [-0.4, -0.2) is 18.8 Å². The van der Waals surface area contributed by atoms with Crippen molar-refractivity contribution in [3.8, 4) is 0 Å². The summed E-state index contributed by atoms with van der Waals surface area (Å²) >= 11 is 1.94. The fourth-order valence-electron chi connectivity index (χ4n) is 0.204. The van der Waals surface area contributed by atoms with Crippen LogP contribution in [0.25, 0.3) is 0 Å². The zero-order valence-corrected chi connectivity index (χ0v) is 3.79. The summed E-state index contributed by atoms with van der Waals surface area (Å²) in [4.78, 5) is 0.